The number of hydrogen-bond donors (Lipinski definition) is 1. The van der Waals surface area contributed by atoms with Gasteiger partial charge in [-0.2, -0.15) is 0 Å². The molecule has 0 aromatic heterocycles. The molecule has 3 aromatic rings. The Bertz CT molecular complexity index is 1270. The number of aryl methyl sites for hydroxylation is 5. The molecule has 3 aromatic carbocycles. The number of benzene rings is 3. The van der Waals surface area contributed by atoms with Gasteiger partial charge in [-0.05, 0) is 88.1 Å². The molecule has 0 radical (unpaired) electrons. The normalized spacial score (nSPS) is 12.3. The van der Waals surface area contributed by atoms with E-state index in [9.17, 15) is 13.2 Å². The molecule has 0 fully saturated rings. The van der Waals surface area contributed by atoms with Gasteiger partial charge in [-0.15, -0.1) is 0 Å². The number of carbonyl (C=O) groups excluding carboxylic acids is 1. The quantitative estimate of drug-likeness (QED) is 0.516. The van der Waals surface area contributed by atoms with Crippen LogP contribution >= 0.6 is 0 Å². The summed E-state index contributed by atoms with van der Waals surface area (Å²) in [4.78, 5) is 13.2. The molecule has 174 valence electrons. The number of sulfonamides is 1. The maximum absolute atomic E-state index is 13.6. The molecule has 6 heteroatoms. The van der Waals surface area contributed by atoms with Crippen molar-refractivity contribution >= 4 is 21.6 Å². The second kappa shape index (κ2) is 9.79. The van der Waals surface area contributed by atoms with E-state index in [0.29, 0.717) is 5.69 Å². The maximum atomic E-state index is 13.6. The van der Waals surface area contributed by atoms with E-state index < -0.39 is 10.0 Å². The van der Waals surface area contributed by atoms with Gasteiger partial charge in [0.15, 0.2) is 0 Å². The zero-order valence-electron chi connectivity index (χ0n) is 20.1. The average Bonchev–Trinajstić information content (AvgIpc) is 2.74. The van der Waals surface area contributed by atoms with E-state index in [2.05, 4.69) is 11.4 Å². The third-order valence-electron chi connectivity index (χ3n) is 5.94. The fourth-order valence-corrected chi connectivity index (χ4v) is 5.25. The van der Waals surface area contributed by atoms with Gasteiger partial charge in [0, 0.05) is 0 Å². The third-order valence-corrected chi connectivity index (χ3v) is 7.73. The largest absolute Gasteiger partial charge is 0.348 e. The van der Waals surface area contributed by atoms with Crippen LogP contribution in [-0.4, -0.2) is 20.9 Å². The van der Waals surface area contributed by atoms with Crippen LogP contribution in [0.1, 0.15) is 46.3 Å². The summed E-state index contributed by atoms with van der Waals surface area (Å²) in [7, 11) is -3.94. The zero-order valence-corrected chi connectivity index (χ0v) is 21.0. The van der Waals surface area contributed by atoms with Gasteiger partial charge in [0.25, 0.3) is 10.0 Å². The van der Waals surface area contributed by atoms with E-state index in [-0.39, 0.29) is 23.4 Å². The number of hydrogen-bond acceptors (Lipinski definition) is 3. The van der Waals surface area contributed by atoms with E-state index in [4.69, 9.17) is 0 Å². The number of nitrogens with one attached hydrogen (secondary N) is 1. The van der Waals surface area contributed by atoms with E-state index in [0.717, 1.165) is 33.4 Å². The highest BCUT2D eigenvalue weighted by atomic mass is 32.2. The average molecular weight is 465 g/mol. The Labute approximate surface area is 197 Å². The molecule has 0 spiro atoms. The Balaban J connectivity index is 1.93. The molecule has 0 unspecified atom stereocenters. The summed E-state index contributed by atoms with van der Waals surface area (Å²) in [5.74, 6) is -0.364. The van der Waals surface area contributed by atoms with Gasteiger partial charge in [-0.1, -0.05) is 47.5 Å². The predicted molar refractivity (Wildman–Crippen MR) is 134 cm³/mol. The van der Waals surface area contributed by atoms with Crippen molar-refractivity contribution in [2.45, 2.75) is 52.5 Å². The molecule has 1 amide bonds. The van der Waals surface area contributed by atoms with Gasteiger partial charge in [0.2, 0.25) is 5.91 Å². The van der Waals surface area contributed by atoms with Crippen molar-refractivity contribution in [1.82, 2.24) is 5.32 Å². The minimum atomic E-state index is -3.94. The monoisotopic (exact) mass is 464 g/mol. The first-order valence-electron chi connectivity index (χ1n) is 11.0. The van der Waals surface area contributed by atoms with Crippen LogP contribution in [0.5, 0.6) is 0 Å². The highest BCUT2D eigenvalue weighted by molar-refractivity contribution is 7.92. The summed E-state index contributed by atoms with van der Waals surface area (Å²) >= 11 is 0. The van der Waals surface area contributed by atoms with Crippen molar-refractivity contribution in [2.75, 3.05) is 10.8 Å². The minimum Gasteiger partial charge on any atom is -0.348 e. The molecule has 5 nitrogen and oxygen atoms in total. The molecular formula is C27H32N2O3S. The van der Waals surface area contributed by atoms with Gasteiger partial charge in [-0.25, -0.2) is 8.42 Å². The number of carbonyl (C=O) groups is 1. The molecule has 0 bridgehead atoms. The molecule has 0 aliphatic heterocycles. The number of rotatable bonds is 7. The SMILES string of the molecule is Cc1ccc(S(=O)(=O)N(CC(=O)N[C@@H](C)c2ccc(C)cc2C)c2ccc(C)c(C)c2)cc1. The van der Waals surface area contributed by atoms with Crippen LogP contribution in [0.3, 0.4) is 0 Å². The lowest BCUT2D eigenvalue weighted by Crippen LogP contribution is -2.41. The van der Waals surface area contributed by atoms with Crippen LogP contribution in [0.25, 0.3) is 0 Å². The Hall–Kier alpha value is -3.12. The number of amides is 1. The third kappa shape index (κ3) is 5.63. The molecular weight excluding hydrogens is 432 g/mol. The Morgan fingerprint density at radius 3 is 2.06 bits per heavy atom. The second-order valence-electron chi connectivity index (χ2n) is 8.74. The lowest BCUT2D eigenvalue weighted by Gasteiger charge is -2.26. The second-order valence-corrected chi connectivity index (χ2v) is 10.6. The van der Waals surface area contributed by atoms with Gasteiger partial charge in [-0.3, -0.25) is 9.10 Å². The van der Waals surface area contributed by atoms with Gasteiger partial charge < -0.3 is 5.32 Å². The molecule has 0 heterocycles. The summed E-state index contributed by atoms with van der Waals surface area (Å²) in [6.07, 6.45) is 0. The fourth-order valence-electron chi connectivity index (χ4n) is 3.84. The number of anilines is 1. The molecule has 1 atom stereocenters. The lowest BCUT2D eigenvalue weighted by molar-refractivity contribution is -0.120. The van der Waals surface area contributed by atoms with E-state index in [1.54, 1.807) is 30.3 Å². The standard InChI is InChI=1S/C27H32N2O3S/c1-18-7-12-25(13-8-18)33(31,32)29(24-11-10-20(3)21(4)16-24)17-27(30)28-23(6)26-14-9-19(2)15-22(26)5/h7-16,23H,17H2,1-6H3,(H,28,30)/t23-/m0/s1. The minimum absolute atomic E-state index is 0.154. The van der Waals surface area contributed by atoms with Gasteiger partial charge >= 0.3 is 0 Å². The van der Waals surface area contributed by atoms with Gasteiger partial charge in [0.1, 0.15) is 6.54 Å². The van der Waals surface area contributed by atoms with E-state index in [1.807, 2.05) is 65.8 Å². The summed E-state index contributed by atoms with van der Waals surface area (Å²) in [6, 6.07) is 17.9. The molecule has 1 N–H and O–H groups in total. The number of nitrogens with zero attached hydrogens (tertiary/aromatic N) is 1. The molecule has 0 aliphatic rings. The summed E-state index contributed by atoms with van der Waals surface area (Å²) < 4.78 is 28.3. The molecule has 3 rings (SSSR count). The van der Waals surface area contributed by atoms with Crippen LogP contribution in [-0.2, 0) is 14.8 Å². The molecule has 0 aliphatic carbocycles. The topological polar surface area (TPSA) is 66.5 Å². The summed E-state index contributed by atoms with van der Waals surface area (Å²) in [5, 5.41) is 2.97. The zero-order chi connectivity index (χ0) is 24.3. The van der Waals surface area contributed by atoms with E-state index >= 15 is 0 Å². The van der Waals surface area contributed by atoms with Crippen LogP contribution in [0.2, 0.25) is 0 Å². The predicted octanol–water partition coefficient (Wildman–Crippen LogP) is 5.30. The Kier molecular flexibility index (Phi) is 7.28. The van der Waals surface area contributed by atoms with Crippen LogP contribution < -0.4 is 9.62 Å². The Morgan fingerprint density at radius 1 is 0.818 bits per heavy atom. The first-order valence-corrected chi connectivity index (χ1v) is 12.5. The van der Waals surface area contributed by atoms with Crippen molar-refractivity contribution in [3.05, 3.63) is 94.0 Å². The lowest BCUT2D eigenvalue weighted by atomic mass is 10.0. The summed E-state index contributed by atoms with van der Waals surface area (Å²) in [6.45, 7) is 11.4. The highest BCUT2D eigenvalue weighted by Gasteiger charge is 2.28. The first-order chi connectivity index (χ1) is 15.5. The van der Waals surface area contributed by atoms with Crippen LogP contribution in [0, 0.1) is 34.6 Å². The Morgan fingerprint density at radius 2 is 1.45 bits per heavy atom. The maximum Gasteiger partial charge on any atom is 0.264 e. The van der Waals surface area contributed by atoms with E-state index in [1.165, 1.54) is 4.31 Å². The molecule has 0 saturated carbocycles. The fraction of sp³-hybridized carbons (Fsp3) is 0.296. The summed E-state index contributed by atoms with van der Waals surface area (Å²) in [5.41, 5.74) is 6.69. The van der Waals surface area contributed by atoms with Crippen LogP contribution in [0.15, 0.2) is 65.6 Å². The van der Waals surface area contributed by atoms with Crippen molar-refractivity contribution in [3.8, 4) is 0 Å². The van der Waals surface area contributed by atoms with Crippen molar-refractivity contribution in [3.63, 3.8) is 0 Å². The van der Waals surface area contributed by atoms with Crippen molar-refractivity contribution in [2.24, 2.45) is 0 Å². The molecule has 33 heavy (non-hydrogen) atoms. The smallest absolute Gasteiger partial charge is 0.264 e. The highest BCUT2D eigenvalue weighted by Crippen LogP contribution is 2.26. The van der Waals surface area contributed by atoms with Gasteiger partial charge in [0.05, 0.1) is 16.6 Å². The van der Waals surface area contributed by atoms with Crippen molar-refractivity contribution in [1.29, 1.82) is 0 Å². The first kappa shape index (κ1) is 24.5. The van der Waals surface area contributed by atoms with Crippen LogP contribution in [0.4, 0.5) is 5.69 Å². The van der Waals surface area contributed by atoms with Crippen molar-refractivity contribution < 1.29 is 13.2 Å². The molecule has 0 saturated heterocycles.